The van der Waals surface area contributed by atoms with Crippen LogP contribution in [0.15, 0.2) is 0 Å². The van der Waals surface area contributed by atoms with Crippen LogP contribution in [-0.2, 0) is 14.3 Å². The summed E-state index contributed by atoms with van der Waals surface area (Å²) >= 11 is 0. The summed E-state index contributed by atoms with van der Waals surface area (Å²) in [6, 6.07) is 0. The average molecular weight is 224 g/mol. The van der Waals surface area contributed by atoms with Crippen LogP contribution in [0.2, 0.25) is 0 Å². The highest BCUT2D eigenvalue weighted by Crippen LogP contribution is 2.73. The van der Waals surface area contributed by atoms with Crippen LogP contribution >= 0.6 is 0 Å². The molecule has 4 saturated carbocycles. The maximum absolute atomic E-state index is 11.9. The third-order valence-corrected chi connectivity index (χ3v) is 5.26. The monoisotopic (exact) mass is 224 g/mol. The quantitative estimate of drug-likeness (QED) is 0.721. The van der Waals surface area contributed by atoms with E-state index in [2.05, 4.69) is 0 Å². The second kappa shape index (κ2) is 2.79. The van der Waals surface area contributed by atoms with Crippen molar-refractivity contribution in [3.63, 3.8) is 0 Å². The molecule has 0 aromatic heterocycles. The highest BCUT2D eigenvalue weighted by atomic mass is 16.5. The maximum atomic E-state index is 11.9. The van der Waals surface area contributed by atoms with Crippen LogP contribution in [0.25, 0.3) is 0 Å². The van der Waals surface area contributed by atoms with Gasteiger partial charge in [-0.3, -0.25) is 9.59 Å². The number of fused-ring (bicyclic) bond motifs is 2. The fraction of sp³-hybridized carbons (Fsp3) is 0.833. The van der Waals surface area contributed by atoms with Gasteiger partial charge >= 0.3 is 11.9 Å². The Morgan fingerprint density at radius 2 is 1.62 bits per heavy atom. The molecule has 0 aromatic carbocycles. The Morgan fingerprint density at radius 1 is 1.12 bits per heavy atom. The van der Waals surface area contributed by atoms with Crippen molar-refractivity contribution in [3.8, 4) is 0 Å². The van der Waals surface area contributed by atoms with Crippen molar-refractivity contribution in [1.29, 1.82) is 0 Å². The molecule has 2 unspecified atom stereocenters. The van der Waals surface area contributed by atoms with Gasteiger partial charge in [-0.25, -0.2) is 0 Å². The number of ether oxygens (including phenoxy) is 1. The first-order valence-electron chi connectivity index (χ1n) is 5.89. The SMILES string of the molecule is COC(=O)C12CCC(C(=O)O)(CC1)C1CC12. The molecule has 4 nitrogen and oxygen atoms in total. The van der Waals surface area contributed by atoms with Gasteiger partial charge in [-0.05, 0) is 43.9 Å². The Balaban J connectivity index is 1.94. The lowest BCUT2D eigenvalue weighted by molar-refractivity contribution is -0.174. The Morgan fingerprint density at radius 3 is 2.12 bits per heavy atom. The Hall–Kier alpha value is -1.06. The molecule has 0 heterocycles. The number of rotatable bonds is 2. The summed E-state index contributed by atoms with van der Waals surface area (Å²) < 4.78 is 4.91. The summed E-state index contributed by atoms with van der Waals surface area (Å²) in [6.07, 6.45) is 3.61. The molecule has 2 atom stereocenters. The smallest absolute Gasteiger partial charge is 0.312 e. The molecule has 0 saturated heterocycles. The van der Waals surface area contributed by atoms with E-state index < -0.39 is 11.4 Å². The summed E-state index contributed by atoms with van der Waals surface area (Å²) in [5, 5.41) is 9.37. The van der Waals surface area contributed by atoms with Gasteiger partial charge in [-0.2, -0.15) is 0 Å². The minimum Gasteiger partial charge on any atom is -0.481 e. The van der Waals surface area contributed by atoms with E-state index in [1.165, 1.54) is 7.11 Å². The molecule has 0 radical (unpaired) electrons. The van der Waals surface area contributed by atoms with Crippen molar-refractivity contribution in [1.82, 2.24) is 0 Å². The highest BCUT2D eigenvalue weighted by molar-refractivity contribution is 5.82. The van der Waals surface area contributed by atoms with E-state index in [0.29, 0.717) is 25.7 Å². The van der Waals surface area contributed by atoms with E-state index in [0.717, 1.165) is 6.42 Å². The van der Waals surface area contributed by atoms with Crippen molar-refractivity contribution >= 4 is 11.9 Å². The van der Waals surface area contributed by atoms with Crippen LogP contribution < -0.4 is 0 Å². The van der Waals surface area contributed by atoms with Crippen LogP contribution in [0, 0.1) is 22.7 Å². The third kappa shape index (κ3) is 0.913. The van der Waals surface area contributed by atoms with Crippen molar-refractivity contribution in [3.05, 3.63) is 0 Å². The minimum absolute atomic E-state index is 0.112. The molecule has 0 aromatic rings. The molecule has 4 aliphatic carbocycles. The second-order valence-electron chi connectivity index (χ2n) is 5.56. The van der Waals surface area contributed by atoms with Crippen LogP contribution in [0.5, 0.6) is 0 Å². The minimum atomic E-state index is -0.654. The molecule has 4 rings (SSSR count). The van der Waals surface area contributed by atoms with E-state index in [-0.39, 0.29) is 23.2 Å². The number of hydrogen-bond acceptors (Lipinski definition) is 3. The lowest BCUT2D eigenvalue weighted by Gasteiger charge is -2.48. The molecule has 1 N–H and O–H groups in total. The van der Waals surface area contributed by atoms with E-state index in [4.69, 9.17) is 4.74 Å². The zero-order valence-electron chi connectivity index (χ0n) is 9.36. The van der Waals surface area contributed by atoms with Gasteiger partial charge in [-0.15, -0.1) is 0 Å². The summed E-state index contributed by atoms with van der Waals surface area (Å²) in [5.41, 5.74) is -0.850. The third-order valence-electron chi connectivity index (χ3n) is 5.26. The predicted octanol–water partition coefficient (Wildman–Crippen LogP) is 1.44. The zero-order chi connectivity index (χ0) is 11.6. The fourth-order valence-electron chi connectivity index (χ4n) is 4.23. The first kappa shape index (κ1) is 10.1. The predicted molar refractivity (Wildman–Crippen MR) is 54.6 cm³/mol. The number of esters is 1. The molecule has 2 bridgehead atoms. The molecule has 4 fully saturated rings. The summed E-state index contributed by atoms with van der Waals surface area (Å²) in [4.78, 5) is 23.3. The molecule has 88 valence electrons. The maximum Gasteiger partial charge on any atom is 0.312 e. The molecule has 4 heteroatoms. The molecule has 4 aliphatic rings. The fourth-order valence-corrected chi connectivity index (χ4v) is 4.23. The van der Waals surface area contributed by atoms with Gasteiger partial charge in [0.1, 0.15) is 0 Å². The van der Waals surface area contributed by atoms with Crippen molar-refractivity contribution in [2.24, 2.45) is 22.7 Å². The van der Waals surface area contributed by atoms with Gasteiger partial charge in [0.05, 0.1) is 17.9 Å². The molecule has 16 heavy (non-hydrogen) atoms. The lowest BCUT2D eigenvalue weighted by atomic mass is 9.54. The normalized spacial score (nSPS) is 48.3. The van der Waals surface area contributed by atoms with E-state index in [1.54, 1.807) is 0 Å². The van der Waals surface area contributed by atoms with E-state index in [9.17, 15) is 14.7 Å². The molecule has 0 aliphatic heterocycles. The first-order chi connectivity index (χ1) is 7.57. The van der Waals surface area contributed by atoms with Crippen molar-refractivity contribution in [2.75, 3.05) is 7.11 Å². The first-order valence-corrected chi connectivity index (χ1v) is 5.89. The van der Waals surface area contributed by atoms with Crippen molar-refractivity contribution < 1.29 is 19.4 Å². The standard InChI is InChI=1S/C12H16O4/c1-16-10(15)12-4-2-11(3-5-12,9(13)14)7-6-8(7)12/h7-8H,2-6H2,1H3,(H,13,14). The number of carboxylic acids is 1. The Kier molecular flexibility index (Phi) is 1.76. The number of methoxy groups -OCH3 is 1. The van der Waals surface area contributed by atoms with E-state index in [1.807, 2.05) is 0 Å². The summed E-state index contributed by atoms with van der Waals surface area (Å²) in [5.74, 6) is -0.262. The van der Waals surface area contributed by atoms with Gasteiger partial charge < -0.3 is 9.84 Å². The topological polar surface area (TPSA) is 63.6 Å². The largest absolute Gasteiger partial charge is 0.481 e. The van der Waals surface area contributed by atoms with Crippen molar-refractivity contribution in [2.45, 2.75) is 32.1 Å². The Labute approximate surface area is 94.0 Å². The second-order valence-corrected chi connectivity index (χ2v) is 5.56. The molecular weight excluding hydrogens is 208 g/mol. The number of hydrogen-bond donors (Lipinski definition) is 1. The van der Waals surface area contributed by atoms with Crippen LogP contribution in [0.4, 0.5) is 0 Å². The Bertz CT molecular complexity index is 365. The number of carbonyl (C=O) groups excluding carboxylic acids is 1. The van der Waals surface area contributed by atoms with Crippen LogP contribution in [-0.4, -0.2) is 24.2 Å². The number of aliphatic carboxylic acids is 1. The molecule has 0 amide bonds. The number of carbonyl (C=O) groups is 2. The van der Waals surface area contributed by atoms with Gasteiger partial charge in [0, 0.05) is 0 Å². The van der Waals surface area contributed by atoms with Crippen LogP contribution in [0.1, 0.15) is 32.1 Å². The lowest BCUT2D eigenvalue weighted by Crippen LogP contribution is -2.51. The van der Waals surface area contributed by atoms with Gasteiger partial charge in [0.15, 0.2) is 0 Å². The van der Waals surface area contributed by atoms with E-state index >= 15 is 0 Å². The number of carboxylic acid groups (broad SMARTS) is 1. The van der Waals surface area contributed by atoms with Gasteiger partial charge in [-0.1, -0.05) is 0 Å². The van der Waals surface area contributed by atoms with Crippen LogP contribution in [0.3, 0.4) is 0 Å². The van der Waals surface area contributed by atoms with Gasteiger partial charge in [0.2, 0.25) is 0 Å². The summed E-state index contributed by atoms with van der Waals surface area (Å²) in [7, 11) is 1.43. The van der Waals surface area contributed by atoms with Gasteiger partial charge in [0.25, 0.3) is 0 Å². The zero-order valence-corrected chi connectivity index (χ0v) is 9.36. The highest BCUT2D eigenvalue weighted by Gasteiger charge is 2.73. The average Bonchev–Trinajstić information content (AvgIpc) is 3.10. The molecular formula is C12H16O4. The summed E-state index contributed by atoms with van der Waals surface area (Å²) in [6.45, 7) is 0. The molecule has 0 spiro atoms.